The second-order valence-corrected chi connectivity index (χ2v) is 5.22. The van der Waals surface area contributed by atoms with Gasteiger partial charge in [0, 0.05) is 14.5 Å². The number of rotatable bonds is 3. The van der Waals surface area contributed by atoms with Crippen LogP contribution >= 0.6 is 22.6 Å². The van der Waals surface area contributed by atoms with Gasteiger partial charge in [-0.1, -0.05) is 19.1 Å². The average molecular weight is 300 g/mol. The van der Waals surface area contributed by atoms with Gasteiger partial charge in [0.1, 0.15) is 0 Å². The van der Waals surface area contributed by atoms with Gasteiger partial charge in [0.15, 0.2) is 5.78 Å². The molecular weight excluding hydrogens is 287 g/mol. The Bertz CT molecular complexity index is 349. The van der Waals surface area contributed by atoms with Gasteiger partial charge in [-0.15, -0.1) is 0 Å². The highest BCUT2D eigenvalue weighted by Crippen LogP contribution is 2.50. The molecule has 1 aliphatic carbocycles. The molecule has 1 nitrogen and oxygen atoms in total. The first-order chi connectivity index (χ1) is 6.68. The molecule has 0 heterocycles. The van der Waals surface area contributed by atoms with E-state index in [2.05, 4.69) is 29.5 Å². The highest BCUT2D eigenvalue weighted by molar-refractivity contribution is 14.1. The van der Waals surface area contributed by atoms with Crippen LogP contribution in [0, 0.1) is 8.99 Å². The van der Waals surface area contributed by atoms with Crippen LogP contribution in [0.3, 0.4) is 0 Å². The Morgan fingerprint density at radius 1 is 1.36 bits per heavy atom. The summed E-state index contributed by atoms with van der Waals surface area (Å²) in [6.45, 7) is 2.11. The average Bonchev–Trinajstić information content (AvgIpc) is 2.99. The highest BCUT2D eigenvalue weighted by atomic mass is 127. The van der Waals surface area contributed by atoms with Crippen LogP contribution in [-0.4, -0.2) is 5.78 Å². The lowest BCUT2D eigenvalue weighted by molar-refractivity contribution is 0.0896. The lowest BCUT2D eigenvalue weighted by Crippen LogP contribution is -2.14. The number of hydrogen-bond donors (Lipinski definition) is 0. The molecule has 2 heteroatoms. The van der Waals surface area contributed by atoms with E-state index >= 15 is 0 Å². The lowest BCUT2D eigenvalue weighted by Gasteiger charge is -2.10. The molecule has 0 unspecified atom stereocenters. The van der Waals surface area contributed by atoms with Crippen LogP contribution in [0.15, 0.2) is 24.3 Å². The summed E-state index contributed by atoms with van der Waals surface area (Å²) < 4.78 is 1.18. The fourth-order valence-corrected chi connectivity index (χ4v) is 2.16. The molecule has 0 spiro atoms. The summed E-state index contributed by atoms with van der Waals surface area (Å²) >= 11 is 2.25. The molecule has 14 heavy (non-hydrogen) atoms. The van der Waals surface area contributed by atoms with Gasteiger partial charge in [-0.25, -0.2) is 0 Å². The molecule has 0 aliphatic heterocycles. The van der Waals surface area contributed by atoms with Crippen LogP contribution in [-0.2, 0) is 0 Å². The Morgan fingerprint density at radius 2 is 1.93 bits per heavy atom. The number of benzene rings is 1. The number of carbonyl (C=O) groups excluding carboxylic acids is 1. The van der Waals surface area contributed by atoms with Crippen molar-refractivity contribution in [2.24, 2.45) is 5.41 Å². The van der Waals surface area contributed by atoms with Crippen LogP contribution in [0.4, 0.5) is 0 Å². The van der Waals surface area contributed by atoms with E-state index in [1.807, 2.05) is 24.3 Å². The first-order valence-corrected chi connectivity index (χ1v) is 6.06. The molecule has 0 bridgehead atoms. The molecule has 0 atom stereocenters. The van der Waals surface area contributed by atoms with E-state index in [0.717, 1.165) is 24.8 Å². The molecule has 0 radical (unpaired) electrons. The van der Waals surface area contributed by atoms with Crippen molar-refractivity contribution in [3.05, 3.63) is 33.4 Å². The Hall–Kier alpha value is -0.380. The van der Waals surface area contributed by atoms with Crippen LogP contribution in [0.1, 0.15) is 36.5 Å². The van der Waals surface area contributed by atoms with Crippen molar-refractivity contribution in [2.75, 3.05) is 0 Å². The first kappa shape index (κ1) is 10.1. The maximum Gasteiger partial charge on any atom is 0.168 e. The molecule has 0 N–H and O–H groups in total. The number of Topliss-reactive ketones (excluding diaryl/α,β-unsaturated/α-hetero) is 1. The Labute approximate surface area is 98.0 Å². The van der Waals surface area contributed by atoms with Gasteiger partial charge in [-0.05, 0) is 54.0 Å². The largest absolute Gasteiger partial charge is 0.294 e. The third kappa shape index (κ3) is 1.72. The summed E-state index contributed by atoms with van der Waals surface area (Å²) in [5.41, 5.74) is 0.886. The molecule has 0 saturated heterocycles. The van der Waals surface area contributed by atoms with Crippen LogP contribution in [0.25, 0.3) is 0 Å². The predicted molar refractivity (Wildman–Crippen MR) is 65.4 cm³/mol. The number of hydrogen-bond acceptors (Lipinski definition) is 1. The van der Waals surface area contributed by atoms with E-state index in [0.29, 0.717) is 5.78 Å². The second-order valence-electron chi connectivity index (χ2n) is 3.97. The van der Waals surface area contributed by atoms with E-state index in [9.17, 15) is 4.79 Å². The summed E-state index contributed by atoms with van der Waals surface area (Å²) in [7, 11) is 0. The quantitative estimate of drug-likeness (QED) is 0.615. The fourth-order valence-electron chi connectivity index (χ4n) is 1.80. The summed E-state index contributed by atoms with van der Waals surface area (Å²) in [5, 5.41) is 0. The third-order valence-corrected chi connectivity index (χ3v) is 3.84. The lowest BCUT2D eigenvalue weighted by atomic mass is 9.92. The van der Waals surface area contributed by atoms with E-state index in [-0.39, 0.29) is 5.41 Å². The summed E-state index contributed by atoms with van der Waals surface area (Å²) in [6.07, 6.45) is 3.14. The Kier molecular flexibility index (Phi) is 2.64. The molecule has 1 aliphatic rings. The normalized spacial score (nSPS) is 17.9. The standard InChI is InChI=1S/C12H13IO/c1-2-12(7-8-12)11(14)9-3-5-10(13)6-4-9/h3-6H,2,7-8H2,1H3. The summed E-state index contributed by atoms with van der Waals surface area (Å²) in [4.78, 5) is 12.1. The van der Waals surface area contributed by atoms with Crippen molar-refractivity contribution in [3.8, 4) is 0 Å². The third-order valence-electron chi connectivity index (χ3n) is 3.12. The van der Waals surface area contributed by atoms with Gasteiger partial charge in [-0.3, -0.25) is 4.79 Å². The van der Waals surface area contributed by atoms with Crippen LogP contribution in [0.5, 0.6) is 0 Å². The zero-order valence-corrected chi connectivity index (χ0v) is 10.4. The van der Waals surface area contributed by atoms with Gasteiger partial charge in [-0.2, -0.15) is 0 Å². The maximum absolute atomic E-state index is 12.1. The molecule has 0 aromatic heterocycles. The van der Waals surface area contributed by atoms with Crippen LogP contribution in [0.2, 0.25) is 0 Å². The van der Waals surface area contributed by atoms with Gasteiger partial charge in [0.05, 0.1) is 0 Å². The zero-order valence-electron chi connectivity index (χ0n) is 8.22. The smallest absolute Gasteiger partial charge is 0.168 e. The zero-order chi connectivity index (χ0) is 10.2. The monoisotopic (exact) mass is 300 g/mol. The van der Waals surface area contributed by atoms with Gasteiger partial charge in [0.25, 0.3) is 0 Å². The van der Waals surface area contributed by atoms with Crippen molar-refractivity contribution in [1.29, 1.82) is 0 Å². The van der Waals surface area contributed by atoms with Gasteiger partial charge < -0.3 is 0 Å². The molecule has 2 rings (SSSR count). The minimum Gasteiger partial charge on any atom is -0.294 e. The van der Waals surface area contributed by atoms with E-state index in [1.165, 1.54) is 3.57 Å². The van der Waals surface area contributed by atoms with E-state index in [4.69, 9.17) is 0 Å². The molecule has 1 aromatic carbocycles. The fraction of sp³-hybridized carbons (Fsp3) is 0.417. The SMILES string of the molecule is CCC1(C(=O)c2ccc(I)cc2)CC1. The maximum atomic E-state index is 12.1. The summed E-state index contributed by atoms with van der Waals surface area (Å²) in [5.74, 6) is 0.344. The molecule has 0 amide bonds. The molecule has 1 saturated carbocycles. The van der Waals surface area contributed by atoms with E-state index < -0.39 is 0 Å². The van der Waals surface area contributed by atoms with Crippen molar-refractivity contribution < 1.29 is 4.79 Å². The number of carbonyl (C=O) groups is 1. The predicted octanol–water partition coefficient (Wildman–Crippen LogP) is 3.66. The minimum atomic E-state index is 0.00674. The summed E-state index contributed by atoms with van der Waals surface area (Å²) in [6, 6.07) is 7.89. The molecule has 1 aromatic rings. The Balaban J connectivity index is 2.23. The van der Waals surface area contributed by atoms with E-state index in [1.54, 1.807) is 0 Å². The van der Waals surface area contributed by atoms with Crippen molar-refractivity contribution in [1.82, 2.24) is 0 Å². The van der Waals surface area contributed by atoms with Crippen molar-refractivity contribution >= 4 is 28.4 Å². The van der Waals surface area contributed by atoms with Gasteiger partial charge >= 0.3 is 0 Å². The molecule has 74 valence electrons. The molecule has 1 fully saturated rings. The first-order valence-electron chi connectivity index (χ1n) is 4.98. The second kappa shape index (κ2) is 3.65. The van der Waals surface area contributed by atoms with Gasteiger partial charge in [0.2, 0.25) is 0 Å². The van der Waals surface area contributed by atoms with Crippen LogP contribution < -0.4 is 0 Å². The molecular formula is C12H13IO. The highest BCUT2D eigenvalue weighted by Gasteiger charge is 2.47. The van der Waals surface area contributed by atoms with Crippen molar-refractivity contribution in [3.63, 3.8) is 0 Å². The number of halogens is 1. The Morgan fingerprint density at radius 3 is 2.36 bits per heavy atom. The number of ketones is 1. The minimum absolute atomic E-state index is 0.00674. The topological polar surface area (TPSA) is 17.1 Å². The van der Waals surface area contributed by atoms with Crippen molar-refractivity contribution in [2.45, 2.75) is 26.2 Å².